The van der Waals surface area contributed by atoms with E-state index >= 15 is 0 Å². The van der Waals surface area contributed by atoms with Crippen LogP contribution in [0.5, 0.6) is 5.88 Å². The molecule has 1 aromatic carbocycles. The zero-order valence-corrected chi connectivity index (χ0v) is 12.5. The standard InChI is InChI=1S/C12H10BrClFN3O/c1-6-3-10(8(14)4-9(6)15)17-12-16-5-7(13)11(18-12)19-2/h3-5H,1-2H3,(H,16,17,18). The summed E-state index contributed by atoms with van der Waals surface area (Å²) in [5, 5.41) is 3.18. The molecule has 2 aromatic rings. The largest absolute Gasteiger partial charge is 0.480 e. The van der Waals surface area contributed by atoms with E-state index < -0.39 is 0 Å². The molecular weight excluding hydrogens is 337 g/mol. The Morgan fingerprint density at radius 3 is 2.84 bits per heavy atom. The van der Waals surface area contributed by atoms with E-state index in [-0.39, 0.29) is 10.8 Å². The van der Waals surface area contributed by atoms with E-state index in [4.69, 9.17) is 16.3 Å². The van der Waals surface area contributed by atoms with Gasteiger partial charge in [0.15, 0.2) is 0 Å². The molecule has 0 saturated carbocycles. The number of rotatable bonds is 3. The second kappa shape index (κ2) is 5.71. The lowest BCUT2D eigenvalue weighted by Crippen LogP contribution is -2.00. The van der Waals surface area contributed by atoms with Crippen molar-refractivity contribution in [2.45, 2.75) is 6.92 Å². The number of methoxy groups -OCH3 is 1. The first-order chi connectivity index (χ1) is 9.01. The lowest BCUT2D eigenvalue weighted by Gasteiger charge is -2.10. The summed E-state index contributed by atoms with van der Waals surface area (Å²) in [6.45, 7) is 1.65. The van der Waals surface area contributed by atoms with Gasteiger partial charge in [-0.3, -0.25) is 0 Å². The molecule has 1 N–H and O–H groups in total. The van der Waals surface area contributed by atoms with Gasteiger partial charge in [-0.1, -0.05) is 11.6 Å². The number of nitrogens with zero attached hydrogens (tertiary/aromatic N) is 2. The van der Waals surface area contributed by atoms with E-state index in [2.05, 4.69) is 31.2 Å². The molecule has 0 bridgehead atoms. The molecule has 19 heavy (non-hydrogen) atoms. The van der Waals surface area contributed by atoms with Crippen molar-refractivity contribution in [3.63, 3.8) is 0 Å². The van der Waals surface area contributed by atoms with Gasteiger partial charge in [0, 0.05) is 0 Å². The fraction of sp³-hybridized carbons (Fsp3) is 0.167. The first kappa shape index (κ1) is 14.0. The van der Waals surface area contributed by atoms with E-state index in [9.17, 15) is 4.39 Å². The average molecular weight is 347 g/mol. The van der Waals surface area contributed by atoms with E-state index in [1.165, 1.54) is 13.2 Å². The molecule has 1 heterocycles. The third-order valence-electron chi connectivity index (χ3n) is 2.40. The van der Waals surface area contributed by atoms with Gasteiger partial charge in [0.1, 0.15) is 5.82 Å². The molecule has 4 nitrogen and oxygen atoms in total. The van der Waals surface area contributed by atoms with Gasteiger partial charge < -0.3 is 10.1 Å². The maximum Gasteiger partial charge on any atom is 0.232 e. The summed E-state index contributed by atoms with van der Waals surface area (Å²) < 4.78 is 19.0. The number of anilines is 2. The second-order valence-corrected chi connectivity index (χ2v) is 5.02. The minimum Gasteiger partial charge on any atom is -0.480 e. The smallest absolute Gasteiger partial charge is 0.232 e. The Morgan fingerprint density at radius 1 is 1.42 bits per heavy atom. The minimum absolute atomic E-state index is 0.258. The normalized spacial score (nSPS) is 10.4. The van der Waals surface area contributed by atoms with Gasteiger partial charge in [-0.2, -0.15) is 4.98 Å². The number of nitrogens with one attached hydrogen (secondary N) is 1. The fourth-order valence-corrected chi connectivity index (χ4v) is 1.98. The van der Waals surface area contributed by atoms with Crippen LogP contribution in [0.3, 0.4) is 0 Å². The number of aromatic nitrogens is 2. The molecular formula is C12H10BrClFN3O. The van der Waals surface area contributed by atoms with Crippen molar-refractivity contribution < 1.29 is 9.13 Å². The summed E-state index contributed by atoms with van der Waals surface area (Å²) in [6, 6.07) is 2.84. The van der Waals surface area contributed by atoms with Gasteiger partial charge in [-0.15, -0.1) is 0 Å². The Labute approximate surface area is 123 Å². The van der Waals surface area contributed by atoms with Crippen molar-refractivity contribution in [2.75, 3.05) is 12.4 Å². The number of halogens is 3. The van der Waals surface area contributed by atoms with Gasteiger partial charge >= 0.3 is 0 Å². The number of benzene rings is 1. The number of hydrogen-bond acceptors (Lipinski definition) is 4. The van der Waals surface area contributed by atoms with Crippen LogP contribution in [-0.4, -0.2) is 17.1 Å². The first-order valence-corrected chi connectivity index (χ1v) is 6.47. The first-order valence-electron chi connectivity index (χ1n) is 5.30. The molecule has 0 aliphatic rings. The lowest BCUT2D eigenvalue weighted by molar-refractivity contribution is 0.394. The summed E-state index contributed by atoms with van der Waals surface area (Å²) in [5.74, 6) is 0.352. The summed E-state index contributed by atoms with van der Waals surface area (Å²) >= 11 is 9.22. The van der Waals surface area contributed by atoms with Crippen molar-refractivity contribution >= 4 is 39.2 Å². The van der Waals surface area contributed by atoms with Crippen molar-refractivity contribution in [3.05, 3.63) is 39.2 Å². The van der Waals surface area contributed by atoms with Crippen molar-refractivity contribution in [1.29, 1.82) is 0 Å². The van der Waals surface area contributed by atoms with E-state index in [1.54, 1.807) is 19.2 Å². The Morgan fingerprint density at radius 2 is 2.16 bits per heavy atom. The minimum atomic E-state index is -0.357. The molecule has 0 unspecified atom stereocenters. The highest BCUT2D eigenvalue weighted by atomic mass is 79.9. The van der Waals surface area contributed by atoms with Crippen LogP contribution in [0.4, 0.5) is 16.0 Å². The molecule has 0 spiro atoms. The molecule has 0 amide bonds. The quantitative estimate of drug-likeness (QED) is 0.909. The molecule has 0 saturated heterocycles. The third kappa shape index (κ3) is 3.13. The number of aryl methyl sites for hydroxylation is 1. The summed E-state index contributed by atoms with van der Waals surface area (Å²) in [4.78, 5) is 8.21. The highest BCUT2D eigenvalue weighted by molar-refractivity contribution is 9.10. The molecule has 0 atom stereocenters. The van der Waals surface area contributed by atoms with Gasteiger partial charge in [0.25, 0.3) is 0 Å². The second-order valence-electron chi connectivity index (χ2n) is 3.76. The van der Waals surface area contributed by atoms with Crippen LogP contribution >= 0.6 is 27.5 Å². The lowest BCUT2D eigenvalue weighted by atomic mass is 10.2. The summed E-state index contributed by atoms with van der Waals surface area (Å²) in [7, 11) is 1.51. The Kier molecular flexibility index (Phi) is 4.21. The van der Waals surface area contributed by atoms with Crippen LogP contribution in [-0.2, 0) is 0 Å². The van der Waals surface area contributed by atoms with E-state index in [1.807, 2.05) is 0 Å². The summed E-state index contributed by atoms with van der Waals surface area (Å²) in [6.07, 6.45) is 1.55. The number of ether oxygens (including phenoxy) is 1. The summed E-state index contributed by atoms with van der Waals surface area (Å²) in [5.41, 5.74) is 1.01. The molecule has 1 aromatic heterocycles. The van der Waals surface area contributed by atoms with E-state index in [0.717, 1.165) is 0 Å². The fourth-order valence-electron chi connectivity index (χ4n) is 1.43. The van der Waals surface area contributed by atoms with Crippen molar-refractivity contribution in [1.82, 2.24) is 9.97 Å². The Balaban J connectivity index is 2.33. The molecule has 2 rings (SSSR count). The van der Waals surface area contributed by atoms with Crippen LogP contribution in [0.2, 0.25) is 5.02 Å². The highest BCUT2D eigenvalue weighted by Crippen LogP contribution is 2.28. The van der Waals surface area contributed by atoms with E-state index in [0.29, 0.717) is 27.6 Å². The monoisotopic (exact) mass is 345 g/mol. The van der Waals surface area contributed by atoms with Crippen molar-refractivity contribution in [3.8, 4) is 5.88 Å². The Bertz CT molecular complexity index is 624. The van der Waals surface area contributed by atoms with Crippen LogP contribution in [0.1, 0.15) is 5.56 Å². The number of hydrogen-bond donors (Lipinski definition) is 1. The predicted molar refractivity (Wildman–Crippen MR) is 75.7 cm³/mol. The van der Waals surface area contributed by atoms with Crippen LogP contribution in [0, 0.1) is 12.7 Å². The zero-order chi connectivity index (χ0) is 14.0. The molecule has 0 aliphatic carbocycles. The average Bonchev–Trinajstić information content (AvgIpc) is 2.38. The topological polar surface area (TPSA) is 47.0 Å². The maximum absolute atomic E-state index is 13.3. The van der Waals surface area contributed by atoms with Gasteiger partial charge in [-0.25, -0.2) is 9.37 Å². The van der Waals surface area contributed by atoms with Crippen LogP contribution in [0.25, 0.3) is 0 Å². The van der Waals surface area contributed by atoms with Crippen LogP contribution < -0.4 is 10.1 Å². The molecule has 100 valence electrons. The van der Waals surface area contributed by atoms with Gasteiger partial charge in [0.2, 0.25) is 11.8 Å². The predicted octanol–water partition coefficient (Wildman–Crippen LogP) is 4.09. The van der Waals surface area contributed by atoms with Gasteiger partial charge in [0.05, 0.1) is 28.5 Å². The zero-order valence-electron chi connectivity index (χ0n) is 10.2. The molecule has 0 radical (unpaired) electrons. The third-order valence-corrected chi connectivity index (χ3v) is 3.26. The molecule has 0 aliphatic heterocycles. The Hall–Kier alpha value is -1.40. The maximum atomic E-state index is 13.3. The SMILES string of the molecule is COc1nc(Nc2cc(C)c(F)cc2Cl)ncc1Br. The van der Waals surface area contributed by atoms with Crippen molar-refractivity contribution in [2.24, 2.45) is 0 Å². The molecule has 7 heteroatoms. The molecule has 0 fully saturated rings. The van der Waals surface area contributed by atoms with Crippen LogP contribution in [0.15, 0.2) is 22.8 Å². The highest BCUT2D eigenvalue weighted by Gasteiger charge is 2.09. The van der Waals surface area contributed by atoms with Gasteiger partial charge in [-0.05, 0) is 40.5 Å².